The Morgan fingerprint density at radius 1 is 1.29 bits per heavy atom. The number of aromatic nitrogens is 4. The zero-order chi connectivity index (χ0) is 12.4. The first kappa shape index (κ1) is 11.9. The Morgan fingerprint density at radius 2 is 2.06 bits per heavy atom. The third kappa shape index (κ3) is 2.55. The van der Waals surface area contributed by atoms with Crippen LogP contribution in [0, 0.1) is 6.92 Å². The highest BCUT2D eigenvalue weighted by Crippen LogP contribution is 2.12. The van der Waals surface area contributed by atoms with Gasteiger partial charge in [0, 0.05) is 49.7 Å². The molecule has 0 aliphatic rings. The van der Waals surface area contributed by atoms with Crippen LogP contribution in [-0.4, -0.2) is 19.6 Å². The van der Waals surface area contributed by atoms with Crippen molar-refractivity contribution in [3.05, 3.63) is 35.4 Å². The SMILES string of the molecule is Cc1c(CNC(C)c2cnn(C)c2)cnn1C. The number of hydrogen-bond acceptors (Lipinski definition) is 3. The molecule has 2 rings (SSSR count). The Labute approximate surface area is 101 Å². The van der Waals surface area contributed by atoms with Gasteiger partial charge in [-0.3, -0.25) is 9.36 Å². The van der Waals surface area contributed by atoms with Crippen molar-refractivity contribution in [2.75, 3.05) is 0 Å². The van der Waals surface area contributed by atoms with E-state index in [1.807, 2.05) is 42.0 Å². The van der Waals surface area contributed by atoms with Crippen molar-refractivity contribution in [1.82, 2.24) is 24.9 Å². The zero-order valence-electron chi connectivity index (χ0n) is 10.8. The van der Waals surface area contributed by atoms with Crippen LogP contribution in [0.5, 0.6) is 0 Å². The smallest absolute Gasteiger partial charge is 0.0537 e. The zero-order valence-corrected chi connectivity index (χ0v) is 10.8. The molecule has 2 heterocycles. The van der Waals surface area contributed by atoms with E-state index in [9.17, 15) is 0 Å². The summed E-state index contributed by atoms with van der Waals surface area (Å²) < 4.78 is 3.72. The number of nitrogens with zero attached hydrogens (tertiary/aromatic N) is 4. The van der Waals surface area contributed by atoms with E-state index in [0.29, 0.717) is 6.04 Å². The highest BCUT2D eigenvalue weighted by Gasteiger charge is 2.09. The minimum atomic E-state index is 0.295. The maximum atomic E-state index is 4.23. The van der Waals surface area contributed by atoms with Gasteiger partial charge in [-0.1, -0.05) is 0 Å². The van der Waals surface area contributed by atoms with Crippen LogP contribution in [0.25, 0.3) is 0 Å². The Hall–Kier alpha value is -1.62. The van der Waals surface area contributed by atoms with Gasteiger partial charge < -0.3 is 5.32 Å². The summed E-state index contributed by atoms with van der Waals surface area (Å²) in [6.07, 6.45) is 5.85. The van der Waals surface area contributed by atoms with E-state index in [-0.39, 0.29) is 0 Å². The van der Waals surface area contributed by atoms with Crippen LogP contribution in [0.1, 0.15) is 29.8 Å². The molecular weight excluding hydrogens is 214 g/mol. The highest BCUT2D eigenvalue weighted by atomic mass is 15.3. The molecule has 0 aliphatic heterocycles. The highest BCUT2D eigenvalue weighted by molar-refractivity contribution is 5.16. The van der Waals surface area contributed by atoms with Gasteiger partial charge in [0.15, 0.2) is 0 Å². The van der Waals surface area contributed by atoms with E-state index >= 15 is 0 Å². The van der Waals surface area contributed by atoms with E-state index < -0.39 is 0 Å². The first-order valence-corrected chi connectivity index (χ1v) is 5.77. The fraction of sp³-hybridized carbons (Fsp3) is 0.500. The van der Waals surface area contributed by atoms with Gasteiger partial charge in [0.05, 0.1) is 12.4 Å². The molecule has 0 spiro atoms. The van der Waals surface area contributed by atoms with Crippen molar-refractivity contribution in [3.63, 3.8) is 0 Å². The fourth-order valence-corrected chi connectivity index (χ4v) is 1.76. The summed E-state index contributed by atoms with van der Waals surface area (Å²) in [7, 11) is 3.89. The molecule has 0 aromatic carbocycles. The Balaban J connectivity index is 1.96. The Morgan fingerprint density at radius 3 is 2.59 bits per heavy atom. The Kier molecular flexibility index (Phi) is 3.28. The molecule has 2 aromatic rings. The molecule has 5 nitrogen and oxygen atoms in total. The predicted octanol–water partition coefficient (Wildman–Crippen LogP) is 1.31. The average Bonchev–Trinajstić information content (AvgIpc) is 2.86. The van der Waals surface area contributed by atoms with Gasteiger partial charge in [0.25, 0.3) is 0 Å². The van der Waals surface area contributed by atoms with Gasteiger partial charge in [-0.25, -0.2) is 0 Å². The second kappa shape index (κ2) is 4.71. The third-order valence-electron chi connectivity index (χ3n) is 3.16. The van der Waals surface area contributed by atoms with Gasteiger partial charge in [0.1, 0.15) is 0 Å². The predicted molar refractivity (Wildman–Crippen MR) is 66.4 cm³/mol. The lowest BCUT2D eigenvalue weighted by molar-refractivity contribution is 0.572. The number of rotatable bonds is 4. The van der Waals surface area contributed by atoms with Crippen LogP contribution in [0.4, 0.5) is 0 Å². The summed E-state index contributed by atoms with van der Waals surface area (Å²) in [4.78, 5) is 0. The van der Waals surface area contributed by atoms with Crippen LogP contribution in [-0.2, 0) is 20.6 Å². The van der Waals surface area contributed by atoms with Crippen molar-refractivity contribution in [3.8, 4) is 0 Å². The van der Waals surface area contributed by atoms with Crippen molar-refractivity contribution < 1.29 is 0 Å². The molecule has 1 unspecified atom stereocenters. The average molecular weight is 233 g/mol. The van der Waals surface area contributed by atoms with Gasteiger partial charge in [-0.05, 0) is 13.8 Å². The molecule has 0 saturated carbocycles. The maximum absolute atomic E-state index is 4.23. The minimum Gasteiger partial charge on any atom is -0.306 e. The van der Waals surface area contributed by atoms with Gasteiger partial charge >= 0.3 is 0 Å². The second-order valence-corrected chi connectivity index (χ2v) is 4.43. The number of hydrogen-bond donors (Lipinski definition) is 1. The lowest BCUT2D eigenvalue weighted by Crippen LogP contribution is -2.18. The standard InChI is InChI=1S/C12H19N5/c1-9(12-7-14-16(3)8-12)13-5-11-6-15-17(4)10(11)2/h6-9,13H,5H2,1-4H3. The third-order valence-corrected chi connectivity index (χ3v) is 3.16. The van der Waals surface area contributed by atoms with Crippen LogP contribution in [0.3, 0.4) is 0 Å². The summed E-state index contributed by atoms with van der Waals surface area (Å²) >= 11 is 0. The summed E-state index contributed by atoms with van der Waals surface area (Å²) in [6, 6.07) is 0.295. The molecular formula is C12H19N5. The van der Waals surface area contributed by atoms with Crippen molar-refractivity contribution >= 4 is 0 Å². The maximum Gasteiger partial charge on any atom is 0.0537 e. The molecule has 0 fully saturated rings. The molecule has 0 aliphatic carbocycles. The molecule has 1 atom stereocenters. The van der Waals surface area contributed by atoms with Crippen molar-refractivity contribution in [1.29, 1.82) is 0 Å². The molecule has 0 saturated heterocycles. The molecule has 0 radical (unpaired) electrons. The molecule has 5 heteroatoms. The first-order valence-electron chi connectivity index (χ1n) is 5.77. The molecule has 1 N–H and O–H groups in total. The van der Waals surface area contributed by atoms with E-state index in [1.165, 1.54) is 16.8 Å². The van der Waals surface area contributed by atoms with Crippen LogP contribution in [0.2, 0.25) is 0 Å². The van der Waals surface area contributed by atoms with Crippen molar-refractivity contribution in [2.24, 2.45) is 14.1 Å². The van der Waals surface area contributed by atoms with Crippen LogP contribution in [0.15, 0.2) is 18.6 Å². The fourth-order valence-electron chi connectivity index (χ4n) is 1.76. The summed E-state index contributed by atoms with van der Waals surface area (Å²) in [5.41, 5.74) is 3.65. The molecule has 0 bridgehead atoms. The molecule has 0 amide bonds. The van der Waals surface area contributed by atoms with E-state index in [1.54, 1.807) is 0 Å². The first-order chi connectivity index (χ1) is 8.08. The van der Waals surface area contributed by atoms with Crippen molar-refractivity contribution in [2.45, 2.75) is 26.4 Å². The van der Waals surface area contributed by atoms with Crippen LogP contribution < -0.4 is 5.32 Å². The second-order valence-electron chi connectivity index (χ2n) is 4.43. The molecule has 17 heavy (non-hydrogen) atoms. The lowest BCUT2D eigenvalue weighted by atomic mass is 10.2. The Bertz CT molecular complexity index is 497. The lowest BCUT2D eigenvalue weighted by Gasteiger charge is -2.11. The topological polar surface area (TPSA) is 47.7 Å². The molecule has 92 valence electrons. The normalized spacial score (nSPS) is 12.9. The molecule has 2 aromatic heterocycles. The minimum absolute atomic E-state index is 0.295. The van der Waals surface area contributed by atoms with Gasteiger partial charge in [0.2, 0.25) is 0 Å². The largest absolute Gasteiger partial charge is 0.306 e. The van der Waals surface area contributed by atoms with E-state index in [4.69, 9.17) is 0 Å². The van der Waals surface area contributed by atoms with Gasteiger partial charge in [-0.15, -0.1) is 0 Å². The van der Waals surface area contributed by atoms with Crippen LogP contribution >= 0.6 is 0 Å². The van der Waals surface area contributed by atoms with E-state index in [2.05, 4.69) is 29.4 Å². The van der Waals surface area contributed by atoms with E-state index in [0.717, 1.165) is 6.54 Å². The number of aryl methyl sites for hydroxylation is 2. The quantitative estimate of drug-likeness (QED) is 0.866. The summed E-state index contributed by atoms with van der Waals surface area (Å²) in [5.74, 6) is 0. The van der Waals surface area contributed by atoms with Gasteiger partial charge in [-0.2, -0.15) is 10.2 Å². The monoisotopic (exact) mass is 233 g/mol. The number of nitrogens with one attached hydrogen (secondary N) is 1. The summed E-state index contributed by atoms with van der Waals surface area (Å²) in [6.45, 7) is 5.05. The summed E-state index contributed by atoms with van der Waals surface area (Å²) in [5, 5.41) is 11.9.